The molecular weight excluding hydrogens is 418 g/mol. The first kappa shape index (κ1) is 23.6. The number of allylic oxidation sites excluding steroid dienone is 1. The van der Waals surface area contributed by atoms with E-state index in [0.29, 0.717) is 17.8 Å². The fourth-order valence-electron chi connectivity index (χ4n) is 3.12. The van der Waals surface area contributed by atoms with Gasteiger partial charge in [0, 0.05) is 23.2 Å². The Balaban J connectivity index is 1.56. The fourth-order valence-corrected chi connectivity index (χ4v) is 3.79. The van der Waals surface area contributed by atoms with Crippen LogP contribution in [0.4, 0.5) is 0 Å². The number of nitrogens with zero attached hydrogens (tertiary/aromatic N) is 1. The van der Waals surface area contributed by atoms with Gasteiger partial charge in [0.2, 0.25) is 5.78 Å². The van der Waals surface area contributed by atoms with E-state index < -0.39 is 5.60 Å². The Morgan fingerprint density at radius 2 is 1.69 bits per heavy atom. The van der Waals surface area contributed by atoms with Crippen LogP contribution < -0.4 is 0 Å². The topological polar surface area (TPSA) is 48.3 Å². The minimum atomic E-state index is -0.462. The maximum absolute atomic E-state index is 12.8. The standard InChI is InChI=1S/C27H29NO3S/c1-20-9-13-22(14-10-20)26(30)24-8-6-18-28(24)17-5-7-21-11-15-23(16-12-21)32-19-25(29)31-27(2,3)4/h5-16,18H,17,19H2,1-4H3. The van der Waals surface area contributed by atoms with Crippen molar-refractivity contribution < 1.29 is 14.3 Å². The minimum Gasteiger partial charge on any atom is -0.459 e. The normalized spacial score (nSPS) is 11.6. The molecule has 0 fully saturated rings. The first-order valence-corrected chi connectivity index (χ1v) is 11.6. The van der Waals surface area contributed by atoms with E-state index in [9.17, 15) is 9.59 Å². The summed E-state index contributed by atoms with van der Waals surface area (Å²) in [4.78, 5) is 25.7. The Labute approximate surface area is 194 Å². The van der Waals surface area contributed by atoms with Crippen LogP contribution in [0.2, 0.25) is 0 Å². The summed E-state index contributed by atoms with van der Waals surface area (Å²) in [6.07, 6.45) is 5.99. The highest BCUT2D eigenvalue weighted by Crippen LogP contribution is 2.20. The molecular formula is C27H29NO3S. The summed E-state index contributed by atoms with van der Waals surface area (Å²) in [5, 5.41) is 0. The molecule has 0 spiro atoms. The van der Waals surface area contributed by atoms with Gasteiger partial charge < -0.3 is 9.30 Å². The molecule has 0 bridgehead atoms. The van der Waals surface area contributed by atoms with E-state index in [2.05, 4.69) is 0 Å². The average Bonchev–Trinajstić information content (AvgIpc) is 3.20. The number of carbonyl (C=O) groups is 2. The summed E-state index contributed by atoms with van der Waals surface area (Å²) in [5.74, 6) is 0.0988. The van der Waals surface area contributed by atoms with Gasteiger partial charge in [0.25, 0.3) is 0 Å². The number of esters is 1. The molecule has 0 saturated carbocycles. The van der Waals surface area contributed by atoms with Gasteiger partial charge in [-0.15, -0.1) is 11.8 Å². The van der Waals surface area contributed by atoms with Crippen LogP contribution in [-0.2, 0) is 16.1 Å². The average molecular weight is 448 g/mol. The molecule has 0 saturated heterocycles. The van der Waals surface area contributed by atoms with Crippen molar-refractivity contribution in [1.82, 2.24) is 4.57 Å². The predicted molar refractivity (Wildman–Crippen MR) is 131 cm³/mol. The van der Waals surface area contributed by atoms with Crippen molar-refractivity contribution in [2.24, 2.45) is 0 Å². The second kappa shape index (κ2) is 10.5. The molecule has 166 valence electrons. The summed E-state index contributed by atoms with van der Waals surface area (Å²) in [6.45, 7) is 8.21. The Kier molecular flexibility index (Phi) is 7.75. The zero-order valence-electron chi connectivity index (χ0n) is 19.0. The number of carbonyl (C=O) groups excluding carboxylic acids is 2. The third-order valence-corrected chi connectivity index (χ3v) is 5.63. The van der Waals surface area contributed by atoms with Gasteiger partial charge in [-0.1, -0.05) is 54.1 Å². The van der Waals surface area contributed by atoms with Crippen molar-refractivity contribution in [1.29, 1.82) is 0 Å². The van der Waals surface area contributed by atoms with Gasteiger partial charge in [0.05, 0.1) is 11.4 Å². The van der Waals surface area contributed by atoms with E-state index in [1.807, 2.05) is 111 Å². The van der Waals surface area contributed by atoms with Crippen LogP contribution in [-0.4, -0.2) is 27.7 Å². The maximum atomic E-state index is 12.8. The summed E-state index contributed by atoms with van der Waals surface area (Å²) in [5.41, 5.74) is 3.10. The molecule has 0 aliphatic heterocycles. The highest BCUT2D eigenvalue weighted by Gasteiger charge is 2.16. The molecule has 2 aromatic carbocycles. The van der Waals surface area contributed by atoms with Crippen LogP contribution in [0.25, 0.3) is 6.08 Å². The maximum Gasteiger partial charge on any atom is 0.316 e. The monoisotopic (exact) mass is 447 g/mol. The van der Waals surface area contributed by atoms with Crippen molar-refractivity contribution in [3.8, 4) is 0 Å². The first-order chi connectivity index (χ1) is 15.2. The van der Waals surface area contributed by atoms with Gasteiger partial charge in [-0.05, 0) is 57.5 Å². The number of aryl methyl sites for hydroxylation is 1. The molecule has 4 nitrogen and oxygen atoms in total. The Morgan fingerprint density at radius 3 is 2.34 bits per heavy atom. The second-order valence-corrected chi connectivity index (χ2v) is 9.64. The number of thioether (sulfide) groups is 1. The van der Waals surface area contributed by atoms with E-state index in [1.54, 1.807) is 0 Å². The number of aromatic nitrogens is 1. The highest BCUT2D eigenvalue weighted by molar-refractivity contribution is 8.00. The third kappa shape index (κ3) is 6.99. The molecule has 32 heavy (non-hydrogen) atoms. The zero-order chi connectivity index (χ0) is 23.1. The summed E-state index contributed by atoms with van der Waals surface area (Å²) >= 11 is 1.46. The SMILES string of the molecule is Cc1ccc(C(=O)c2cccn2CC=Cc2ccc(SCC(=O)OC(C)(C)C)cc2)cc1. The Hall–Kier alpha value is -3.05. The second-order valence-electron chi connectivity index (χ2n) is 8.59. The van der Waals surface area contributed by atoms with Gasteiger partial charge in [-0.3, -0.25) is 9.59 Å². The van der Waals surface area contributed by atoms with Crippen molar-refractivity contribution in [3.05, 3.63) is 95.3 Å². The predicted octanol–water partition coefficient (Wildman–Crippen LogP) is 6.17. The highest BCUT2D eigenvalue weighted by atomic mass is 32.2. The van der Waals surface area contributed by atoms with Crippen molar-refractivity contribution >= 4 is 29.6 Å². The van der Waals surface area contributed by atoms with Crippen LogP contribution in [0.15, 0.2) is 77.8 Å². The van der Waals surface area contributed by atoms with E-state index in [4.69, 9.17) is 4.74 Å². The smallest absolute Gasteiger partial charge is 0.316 e. The largest absolute Gasteiger partial charge is 0.459 e. The molecule has 0 unspecified atom stereocenters. The molecule has 0 aliphatic rings. The van der Waals surface area contributed by atoms with Gasteiger partial charge in [-0.2, -0.15) is 0 Å². The first-order valence-electron chi connectivity index (χ1n) is 10.6. The van der Waals surface area contributed by atoms with Gasteiger partial charge in [0.1, 0.15) is 5.60 Å². The summed E-state index contributed by atoms with van der Waals surface area (Å²) in [6, 6.07) is 19.4. The molecule has 3 rings (SSSR count). The number of hydrogen-bond donors (Lipinski definition) is 0. The molecule has 1 aromatic heterocycles. The van der Waals surface area contributed by atoms with E-state index in [-0.39, 0.29) is 17.5 Å². The lowest BCUT2D eigenvalue weighted by Crippen LogP contribution is -2.24. The van der Waals surface area contributed by atoms with Crippen molar-refractivity contribution in [3.63, 3.8) is 0 Å². The molecule has 0 radical (unpaired) electrons. The fraction of sp³-hybridized carbons (Fsp3) is 0.259. The molecule has 0 N–H and O–H groups in total. The molecule has 1 heterocycles. The lowest BCUT2D eigenvalue weighted by molar-refractivity contribution is -0.151. The number of rotatable bonds is 8. The Bertz CT molecular complexity index is 1090. The van der Waals surface area contributed by atoms with E-state index in [1.165, 1.54) is 11.8 Å². The van der Waals surface area contributed by atoms with Crippen LogP contribution >= 0.6 is 11.8 Å². The van der Waals surface area contributed by atoms with E-state index >= 15 is 0 Å². The summed E-state index contributed by atoms with van der Waals surface area (Å²) < 4.78 is 7.28. The van der Waals surface area contributed by atoms with Crippen LogP contribution in [0.1, 0.15) is 48.0 Å². The number of hydrogen-bond acceptors (Lipinski definition) is 4. The Morgan fingerprint density at radius 1 is 1.00 bits per heavy atom. The molecule has 0 aliphatic carbocycles. The molecule has 3 aromatic rings. The zero-order valence-corrected chi connectivity index (χ0v) is 19.8. The number of ether oxygens (including phenoxy) is 1. The number of benzene rings is 2. The van der Waals surface area contributed by atoms with Crippen LogP contribution in [0.3, 0.4) is 0 Å². The van der Waals surface area contributed by atoms with Crippen molar-refractivity contribution in [2.75, 3.05) is 5.75 Å². The molecule has 5 heteroatoms. The lowest BCUT2D eigenvalue weighted by atomic mass is 10.1. The van der Waals surface area contributed by atoms with Crippen molar-refractivity contribution in [2.45, 2.75) is 44.7 Å². The van der Waals surface area contributed by atoms with Crippen LogP contribution in [0.5, 0.6) is 0 Å². The third-order valence-electron chi connectivity index (χ3n) is 4.65. The van der Waals surface area contributed by atoms with Gasteiger partial charge in [-0.25, -0.2) is 0 Å². The van der Waals surface area contributed by atoms with Gasteiger partial charge >= 0.3 is 5.97 Å². The van der Waals surface area contributed by atoms with E-state index in [0.717, 1.165) is 16.0 Å². The quantitative estimate of drug-likeness (QED) is 0.235. The minimum absolute atomic E-state index is 0.0229. The lowest BCUT2D eigenvalue weighted by Gasteiger charge is -2.19. The summed E-state index contributed by atoms with van der Waals surface area (Å²) in [7, 11) is 0. The molecule has 0 amide bonds. The van der Waals surface area contributed by atoms with Crippen LogP contribution in [0, 0.1) is 6.92 Å². The van der Waals surface area contributed by atoms with Gasteiger partial charge in [0.15, 0.2) is 0 Å². The molecule has 0 atom stereocenters. The number of ketones is 1.